The molecule has 1 aliphatic heterocycles. The summed E-state index contributed by atoms with van der Waals surface area (Å²) in [6.45, 7) is 5.12. The van der Waals surface area contributed by atoms with E-state index in [2.05, 4.69) is 32.4 Å². The molecule has 35 heavy (non-hydrogen) atoms. The predicted molar refractivity (Wildman–Crippen MR) is 134 cm³/mol. The maximum absolute atomic E-state index is 13.6. The Kier molecular flexibility index (Phi) is 6.50. The van der Waals surface area contributed by atoms with Crippen LogP contribution in [0.5, 0.6) is 5.75 Å². The molecule has 8 nitrogen and oxygen atoms in total. The Bertz CT molecular complexity index is 1350. The monoisotopic (exact) mass is 486 g/mol. The third-order valence-electron chi connectivity index (χ3n) is 6.00. The number of hydrogen-bond acceptors (Lipinski definition) is 7. The van der Waals surface area contributed by atoms with Crippen LogP contribution in [-0.4, -0.2) is 49.4 Å². The number of carbonyl (C=O) groups excluding carboxylic acids is 1. The van der Waals surface area contributed by atoms with Gasteiger partial charge in [-0.25, -0.2) is 14.6 Å². The summed E-state index contributed by atoms with van der Waals surface area (Å²) in [6, 6.07) is 17.7. The van der Waals surface area contributed by atoms with Crippen molar-refractivity contribution in [3.8, 4) is 11.4 Å². The van der Waals surface area contributed by atoms with Crippen LogP contribution in [0.15, 0.2) is 59.8 Å². The lowest BCUT2D eigenvalue weighted by molar-refractivity contribution is 0.0727. The van der Waals surface area contributed by atoms with Crippen molar-refractivity contribution in [1.29, 1.82) is 0 Å². The molecular weight excluding hydrogens is 460 g/mol. The van der Waals surface area contributed by atoms with Crippen molar-refractivity contribution in [2.45, 2.75) is 37.7 Å². The predicted octanol–water partition coefficient (Wildman–Crippen LogP) is 4.17. The highest BCUT2D eigenvalue weighted by Crippen LogP contribution is 2.27. The zero-order valence-corrected chi connectivity index (χ0v) is 20.7. The zero-order valence-electron chi connectivity index (χ0n) is 19.9. The molecule has 3 heterocycles. The number of aromatic nitrogens is 5. The molecule has 0 atom stereocenters. The van der Waals surface area contributed by atoms with E-state index in [-0.39, 0.29) is 5.91 Å². The van der Waals surface area contributed by atoms with Crippen molar-refractivity contribution >= 4 is 17.7 Å². The fourth-order valence-electron chi connectivity index (χ4n) is 4.24. The van der Waals surface area contributed by atoms with Crippen LogP contribution in [0.1, 0.15) is 38.7 Å². The van der Waals surface area contributed by atoms with Crippen LogP contribution in [0, 0.1) is 13.8 Å². The van der Waals surface area contributed by atoms with Crippen molar-refractivity contribution in [3.05, 3.63) is 88.5 Å². The van der Waals surface area contributed by atoms with Crippen LogP contribution in [0.2, 0.25) is 0 Å². The van der Waals surface area contributed by atoms with Gasteiger partial charge in [0, 0.05) is 30.2 Å². The second-order valence-electron chi connectivity index (χ2n) is 8.46. The van der Waals surface area contributed by atoms with Crippen LogP contribution < -0.4 is 4.74 Å². The van der Waals surface area contributed by atoms with E-state index >= 15 is 0 Å². The molecule has 1 amide bonds. The number of rotatable bonds is 6. The van der Waals surface area contributed by atoms with E-state index in [0.717, 1.165) is 29.2 Å². The van der Waals surface area contributed by atoms with E-state index in [1.807, 2.05) is 61.2 Å². The molecular formula is C26H26N6O2S. The molecule has 5 rings (SSSR count). The average Bonchev–Trinajstić information content (AvgIpc) is 3.30. The first-order valence-corrected chi connectivity index (χ1v) is 12.4. The lowest BCUT2D eigenvalue weighted by Crippen LogP contribution is -2.36. The molecule has 0 saturated carbocycles. The van der Waals surface area contributed by atoms with Gasteiger partial charge in [-0.05, 0) is 61.7 Å². The van der Waals surface area contributed by atoms with E-state index in [9.17, 15) is 4.79 Å². The lowest BCUT2D eigenvalue weighted by atomic mass is 10.00. The van der Waals surface area contributed by atoms with Gasteiger partial charge in [0.05, 0.1) is 18.5 Å². The molecule has 0 aliphatic carbocycles. The Morgan fingerprint density at radius 2 is 1.74 bits per heavy atom. The number of benzene rings is 2. The second-order valence-corrected chi connectivity index (χ2v) is 9.40. The smallest absolute Gasteiger partial charge is 0.276 e. The van der Waals surface area contributed by atoms with Crippen LogP contribution in [0.4, 0.5) is 0 Å². The van der Waals surface area contributed by atoms with Gasteiger partial charge in [0.1, 0.15) is 5.75 Å². The van der Waals surface area contributed by atoms with E-state index in [1.54, 1.807) is 11.8 Å². The molecule has 0 saturated heterocycles. The summed E-state index contributed by atoms with van der Waals surface area (Å²) in [6.07, 6.45) is 0.828. The van der Waals surface area contributed by atoms with Gasteiger partial charge in [0.25, 0.3) is 5.91 Å². The minimum absolute atomic E-state index is 0.115. The SMILES string of the molecule is COc1ccc(-n2nnc(C(=O)N3CCc4ccccc4C3)c2CSc2nc(C)cc(C)n2)cc1. The fourth-order valence-corrected chi connectivity index (χ4v) is 5.18. The molecule has 0 N–H and O–H groups in total. The molecule has 0 fully saturated rings. The summed E-state index contributed by atoms with van der Waals surface area (Å²) in [4.78, 5) is 24.6. The summed E-state index contributed by atoms with van der Waals surface area (Å²) in [5, 5.41) is 9.39. The molecule has 0 bridgehead atoms. The normalized spacial score (nSPS) is 12.9. The molecule has 2 aromatic carbocycles. The fraction of sp³-hybridized carbons (Fsp3) is 0.269. The minimum atomic E-state index is -0.115. The van der Waals surface area contributed by atoms with Gasteiger partial charge in [-0.3, -0.25) is 4.79 Å². The summed E-state index contributed by atoms with van der Waals surface area (Å²) >= 11 is 1.47. The first-order chi connectivity index (χ1) is 17.0. The maximum Gasteiger partial charge on any atom is 0.276 e. The number of methoxy groups -OCH3 is 1. The Hall–Kier alpha value is -3.72. The summed E-state index contributed by atoms with van der Waals surface area (Å²) in [7, 11) is 1.63. The number of carbonyl (C=O) groups is 1. The summed E-state index contributed by atoms with van der Waals surface area (Å²) < 4.78 is 7.01. The van der Waals surface area contributed by atoms with E-state index in [1.165, 1.54) is 22.9 Å². The summed E-state index contributed by atoms with van der Waals surface area (Å²) in [5.41, 5.74) is 6.16. The minimum Gasteiger partial charge on any atom is -0.497 e. The highest BCUT2D eigenvalue weighted by atomic mass is 32.2. The van der Waals surface area contributed by atoms with E-state index < -0.39 is 0 Å². The number of fused-ring (bicyclic) bond motifs is 1. The molecule has 0 spiro atoms. The molecule has 0 radical (unpaired) electrons. The van der Waals surface area contributed by atoms with Gasteiger partial charge >= 0.3 is 0 Å². The number of nitrogens with zero attached hydrogens (tertiary/aromatic N) is 6. The topological polar surface area (TPSA) is 86.0 Å². The number of thioether (sulfide) groups is 1. The number of amides is 1. The zero-order chi connectivity index (χ0) is 24.4. The third kappa shape index (κ3) is 4.90. The molecule has 0 unspecified atom stereocenters. The van der Waals surface area contributed by atoms with Crippen LogP contribution in [-0.2, 0) is 18.7 Å². The standard InChI is InChI=1S/C26H26N6O2S/c1-17-14-18(2)28-26(27-17)35-16-23-24(29-30-32(23)21-8-10-22(34-3)11-9-21)25(33)31-13-12-19-6-4-5-7-20(19)15-31/h4-11,14H,12-13,15-16H2,1-3H3. The Labute approximate surface area is 208 Å². The first-order valence-electron chi connectivity index (χ1n) is 11.4. The van der Waals surface area contributed by atoms with E-state index in [0.29, 0.717) is 35.4 Å². The van der Waals surface area contributed by atoms with Gasteiger partial charge in [-0.2, -0.15) is 0 Å². The van der Waals surface area contributed by atoms with Crippen molar-refractivity contribution in [2.24, 2.45) is 0 Å². The van der Waals surface area contributed by atoms with Crippen molar-refractivity contribution in [2.75, 3.05) is 13.7 Å². The first kappa shape index (κ1) is 23.0. The average molecular weight is 487 g/mol. The molecule has 1 aliphatic rings. The highest BCUT2D eigenvalue weighted by molar-refractivity contribution is 7.98. The maximum atomic E-state index is 13.6. The molecule has 178 valence electrons. The third-order valence-corrected chi connectivity index (χ3v) is 6.86. The number of aryl methyl sites for hydroxylation is 2. The highest BCUT2D eigenvalue weighted by Gasteiger charge is 2.28. The quantitative estimate of drug-likeness (QED) is 0.299. The van der Waals surface area contributed by atoms with Gasteiger partial charge in [0.2, 0.25) is 0 Å². The largest absolute Gasteiger partial charge is 0.497 e. The number of hydrogen-bond donors (Lipinski definition) is 0. The van der Waals surface area contributed by atoms with Crippen molar-refractivity contribution < 1.29 is 9.53 Å². The Balaban J connectivity index is 1.47. The molecule has 4 aromatic rings. The van der Waals surface area contributed by atoms with Crippen LogP contribution >= 0.6 is 11.8 Å². The van der Waals surface area contributed by atoms with Crippen LogP contribution in [0.3, 0.4) is 0 Å². The van der Waals surface area contributed by atoms with Gasteiger partial charge < -0.3 is 9.64 Å². The second kappa shape index (κ2) is 9.87. The van der Waals surface area contributed by atoms with Gasteiger partial charge in [-0.1, -0.05) is 41.2 Å². The summed E-state index contributed by atoms with van der Waals surface area (Å²) in [5.74, 6) is 1.08. The Morgan fingerprint density at radius 1 is 1.03 bits per heavy atom. The Morgan fingerprint density at radius 3 is 2.46 bits per heavy atom. The van der Waals surface area contributed by atoms with Crippen molar-refractivity contribution in [3.63, 3.8) is 0 Å². The van der Waals surface area contributed by atoms with Crippen molar-refractivity contribution in [1.82, 2.24) is 29.9 Å². The van der Waals surface area contributed by atoms with Crippen LogP contribution in [0.25, 0.3) is 5.69 Å². The number of ether oxygens (including phenoxy) is 1. The van der Waals surface area contributed by atoms with Gasteiger partial charge in [-0.15, -0.1) is 5.10 Å². The van der Waals surface area contributed by atoms with E-state index in [4.69, 9.17) is 4.74 Å². The lowest BCUT2D eigenvalue weighted by Gasteiger charge is -2.28. The molecule has 9 heteroatoms. The molecule has 2 aromatic heterocycles. The van der Waals surface area contributed by atoms with Gasteiger partial charge in [0.15, 0.2) is 10.9 Å².